The molecule has 0 aliphatic rings. The molecular weight excluding hydrogens is 446 g/mol. The maximum atomic E-state index is 12.7. The first kappa shape index (κ1) is 23.4. The molecule has 0 saturated carbocycles. The van der Waals surface area contributed by atoms with Gasteiger partial charge in [0, 0.05) is 22.7 Å². The van der Waals surface area contributed by atoms with Crippen molar-refractivity contribution in [1.29, 1.82) is 0 Å². The summed E-state index contributed by atoms with van der Waals surface area (Å²) >= 11 is 5.93. The van der Waals surface area contributed by atoms with Crippen molar-refractivity contribution in [1.82, 2.24) is 5.32 Å². The standard InChI is InChI=1S/C29H26ClNO3/c1-2-33-28-17-12-24(29(32)31-19-21-8-13-26(30)14-9-21)18-25(28)20-34-27-15-10-23(11-16-27)22-6-4-3-5-7-22/h3-18H,2,19-20H2,1H3,(H,31,32). The smallest absolute Gasteiger partial charge is 0.251 e. The average Bonchev–Trinajstić information content (AvgIpc) is 2.88. The molecule has 0 aromatic heterocycles. The molecule has 0 aliphatic carbocycles. The SMILES string of the molecule is CCOc1ccc(C(=O)NCc2ccc(Cl)cc2)cc1COc1ccc(-c2ccccc2)cc1. The van der Waals surface area contributed by atoms with E-state index in [1.54, 1.807) is 6.07 Å². The van der Waals surface area contributed by atoms with Gasteiger partial charge in [-0.05, 0) is 66.1 Å². The van der Waals surface area contributed by atoms with E-state index in [1.807, 2.05) is 85.8 Å². The van der Waals surface area contributed by atoms with Crippen molar-refractivity contribution >= 4 is 17.5 Å². The largest absolute Gasteiger partial charge is 0.493 e. The lowest BCUT2D eigenvalue weighted by Gasteiger charge is -2.14. The van der Waals surface area contributed by atoms with Crippen molar-refractivity contribution < 1.29 is 14.3 Å². The van der Waals surface area contributed by atoms with Crippen LogP contribution in [-0.4, -0.2) is 12.5 Å². The summed E-state index contributed by atoms with van der Waals surface area (Å²) < 4.78 is 11.8. The molecule has 0 aliphatic heterocycles. The van der Waals surface area contributed by atoms with Crippen LogP contribution < -0.4 is 14.8 Å². The Morgan fingerprint density at radius 2 is 1.53 bits per heavy atom. The number of hydrogen-bond donors (Lipinski definition) is 1. The number of hydrogen-bond acceptors (Lipinski definition) is 3. The van der Waals surface area contributed by atoms with Crippen LogP contribution in [0.5, 0.6) is 11.5 Å². The van der Waals surface area contributed by atoms with Gasteiger partial charge in [-0.1, -0.05) is 66.2 Å². The topological polar surface area (TPSA) is 47.6 Å². The van der Waals surface area contributed by atoms with Gasteiger partial charge in [-0.25, -0.2) is 0 Å². The molecule has 0 bridgehead atoms. The minimum Gasteiger partial charge on any atom is -0.493 e. The van der Waals surface area contributed by atoms with E-state index in [-0.39, 0.29) is 5.91 Å². The molecule has 1 amide bonds. The van der Waals surface area contributed by atoms with Crippen molar-refractivity contribution in [2.75, 3.05) is 6.61 Å². The molecule has 0 atom stereocenters. The van der Waals surface area contributed by atoms with Gasteiger partial charge < -0.3 is 14.8 Å². The first-order valence-electron chi connectivity index (χ1n) is 11.2. The van der Waals surface area contributed by atoms with Gasteiger partial charge in [-0.2, -0.15) is 0 Å². The fourth-order valence-electron chi connectivity index (χ4n) is 3.55. The number of benzene rings is 4. The second-order valence-corrected chi connectivity index (χ2v) is 8.18. The molecule has 34 heavy (non-hydrogen) atoms. The number of halogens is 1. The molecule has 0 unspecified atom stereocenters. The Labute approximate surface area is 205 Å². The fraction of sp³-hybridized carbons (Fsp3) is 0.138. The maximum absolute atomic E-state index is 12.7. The summed E-state index contributed by atoms with van der Waals surface area (Å²) in [5.41, 5.74) is 4.63. The number of rotatable bonds is 9. The molecule has 0 saturated heterocycles. The van der Waals surface area contributed by atoms with Gasteiger partial charge in [-0.15, -0.1) is 0 Å². The van der Waals surface area contributed by atoms with Crippen LogP contribution in [0.15, 0.2) is 97.1 Å². The summed E-state index contributed by atoms with van der Waals surface area (Å²) in [6.45, 7) is 3.17. The van der Waals surface area contributed by atoms with Crippen LogP contribution in [0.1, 0.15) is 28.4 Å². The Morgan fingerprint density at radius 1 is 0.824 bits per heavy atom. The summed E-state index contributed by atoms with van der Waals surface area (Å²) in [5, 5.41) is 3.61. The third-order valence-corrected chi connectivity index (χ3v) is 5.60. The summed E-state index contributed by atoms with van der Waals surface area (Å²) in [6, 6.07) is 31.0. The van der Waals surface area contributed by atoms with E-state index in [0.29, 0.717) is 36.1 Å². The van der Waals surface area contributed by atoms with E-state index in [0.717, 1.165) is 28.0 Å². The van der Waals surface area contributed by atoms with Crippen LogP contribution >= 0.6 is 11.6 Å². The van der Waals surface area contributed by atoms with Gasteiger partial charge in [0.2, 0.25) is 0 Å². The highest BCUT2D eigenvalue weighted by molar-refractivity contribution is 6.30. The van der Waals surface area contributed by atoms with Crippen molar-refractivity contribution in [3.8, 4) is 22.6 Å². The van der Waals surface area contributed by atoms with Gasteiger partial charge in [0.25, 0.3) is 5.91 Å². The van der Waals surface area contributed by atoms with Gasteiger partial charge >= 0.3 is 0 Å². The van der Waals surface area contributed by atoms with E-state index in [1.165, 1.54) is 0 Å². The first-order valence-corrected chi connectivity index (χ1v) is 11.6. The lowest BCUT2D eigenvalue weighted by Crippen LogP contribution is -2.23. The minimum atomic E-state index is -0.161. The van der Waals surface area contributed by atoms with Crippen LogP contribution in [0.3, 0.4) is 0 Å². The van der Waals surface area contributed by atoms with Crippen molar-refractivity contribution in [2.24, 2.45) is 0 Å². The molecule has 1 N–H and O–H groups in total. The predicted octanol–water partition coefficient (Wildman–Crippen LogP) is 6.91. The molecule has 0 heterocycles. The maximum Gasteiger partial charge on any atom is 0.251 e. The second-order valence-electron chi connectivity index (χ2n) is 7.74. The Balaban J connectivity index is 1.43. The number of nitrogens with one attached hydrogen (secondary N) is 1. The van der Waals surface area contributed by atoms with Gasteiger partial charge in [-0.3, -0.25) is 4.79 Å². The van der Waals surface area contributed by atoms with E-state index in [2.05, 4.69) is 17.4 Å². The fourth-order valence-corrected chi connectivity index (χ4v) is 3.68. The van der Waals surface area contributed by atoms with E-state index in [9.17, 15) is 4.79 Å². The van der Waals surface area contributed by atoms with Crippen molar-refractivity contribution in [2.45, 2.75) is 20.1 Å². The molecule has 4 aromatic carbocycles. The quantitative estimate of drug-likeness (QED) is 0.288. The molecule has 4 rings (SSSR count). The Hall–Kier alpha value is -3.76. The summed E-state index contributed by atoms with van der Waals surface area (Å²) in [6.07, 6.45) is 0. The summed E-state index contributed by atoms with van der Waals surface area (Å²) in [4.78, 5) is 12.7. The second kappa shape index (κ2) is 11.4. The summed E-state index contributed by atoms with van der Waals surface area (Å²) in [5.74, 6) is 1.30. The Morgan fingerprint density at radius 3 is 2.24 bits per heavy atom. The minimum absolute atomic E-state index is 0.161. The highest BCUT2D eigenvalue weighted by atomic mass is 35.5. The predicted molar refractivity (Wildman–Crippen MR) is 136 cm³/mol. The monoisotopic (exact) mass is 471 g/mol. The third kappa shape index (κ3) is 6.18. The van der Waals surface area contributed by atoms with E-state index in [4.69, 9.17) is 21.1 Å². The van der Waals surface area contributed by atoms with E-state index >= 15 is 0 Å². The highest BCUT2D eigenvalue weighted by Crippen LogP contribution is 2.25. The highest BCUT2D eigenvalue weighted by Gasteiger charge is 2.12. The van der Waals surface area contributed by atoms with Crippen molar-refractivity contribution in [3.05, 3.63) is 119 Å². The van der Waals surface area contributed by atoms with E-state index < -0.39 is 0 Å². The molecular formula is C29H26ClNO3. The zero-order valence-electron chi connectivity index (χ0n) is 19.0. The molecule has 4 aromatic rings. The van der Waals surface area contributed by atoms with Gasteiger partial charge in [0.1, 0.15) is 18.1 Å². The molecule has 4 nitrogen and oxygen atoms in total. The average molecular weight is 472 g/mol. The lowest BCUT2D eigenvalue weighted by molar-refractivity contribution is 0.0950. The molecule has 172 valence electrons. The molecule has 0 fully saturated rings. The molecule has 0 spiro atoms. The van der Waals surface area contributed by atoms with Gasteiger partial charge in [0.15, 0.2) is 0 Å². The Bertz CT molecular complexity index is 1220. The van der Waals surface area contributed by atoms with Crippen LogP contribution in [-0.2, 0) is 13.2 Å². The number of ether oxygens (including phenoxy) is 2. The lowest BCUT2D eigenvalue weighted by atomic mass is 10.1. The third-order valence-electron chi connectivity index (χ3n) is 5.34. The van der Waals surface area contributed by atoms with Crippen LogP contribution in [0.2, 0.25) is 5.02 Å². The number of carbonyl (C=O) groups excluding carboxylic acids is 1. The summed E-state index contributed by atoms with van der Waals surface area (Å²) in [7, 11) is 0. The first-order chi connectivity index (χ1) is 16.6. The van der Waals surface area contributed by atoms with Crippen molar-refractivity contribution in [3.63, 3.8) is 0 Å². The van der Waals surface area contributed by atoms with Crippen LogP contribution in [0.4, 0.5) is 0 Å². The van der Waals surface area contributed by atoms with Gasteiger partial charge in [0.05, 0.1) is 6.61 Å². The van der Waals surface area contributed by atoms with Crippen LogP contribution in [0.25, 0.3) is 11.1 Å². The zero-order chi connectivity index (χ0) is 23.8. The normalized spacial score (nSPS) is 10.5. The molecule has 5 heteroatoms. The zero-order valence-corrected chi connectivity index (χ0v) is 19.7. The number of amides is 1. The Kier molecular flexibility index (Phi) is 7.84. The van der Waals surface area contributed by atoms with Crippen LogP contribution in [0, 0.1) is 0 Å². The number of carbonyl (C=O) groups is 1. The molecule has 0 radical (unpaired) electrons.